The normalized spacial score (nSPS) is 24.6. The second kappa shape index (κ2) is 6.81. The second-order valence-corrected chi connectivity index (χ2v) is 8.28. The average molecular weight is 360 g/mol. The number of carbonyl (C=O) groups is 1. The highest BCUT2D eigenvalue weighted by Gasteiger charge is 2.52. The van der Waals surface area contributed by atoms with Gasteiger partial charge in [-0.1, -0.05) is 0 Å². The molecule has 0 radical (unpaired) electrons. The molecule has 3 heterocycles. The van der Waals surface area contributed by atoms with Gasteiger partial charge in [-0.25, -0.2) is 9.97 Å². The largest absolute Gasteiger partial charge is 0.498 e. The first-order valence-corrected chi connectivity index (χ1v) is 9.26. The zero-order chi connectivity index (χ0) is 19.1. The number of amides is 1. The van der Waals surface area contributed by atoms with Crippen LogP contribution in [0.25, 0.3) is 0 Å². The van der Waals surface area contributed by atoms with E-state index in [0.717, 1.165) is 31.4 Å². The van der Waals surface area contributed by atoms with Crippen LogP contribution in [0.3, 0.4) is 0 Å². The van der Waals surface area contributed by atoms with Gasteiger partial charge in [0.2, 0.25) is 11.9 Å². The quantitative estimate of drug-likeness (QED) is 0.756. The molecular formula is C18H29BN4O3. The predicted octanol–water partition coefficient (Wildman–Crippen LogP) is 1.22. The van der Waals surface area contributed by atoms with E-state index in [9.17, 15) is 4.79 Å². The van der Waals surface area contributed by atoms with Crippen molar-refractivity contribution in [1.29, 1.82) is 0 Å². The van der Waals surface area contributed by atoms with Gasteiger partial charge in [-0.05, 0) is 40.5 Å². The first-order chi connectivity index (χ1) is 12.1. The second-order valence-electron chi connectivity index (χ2n) is 8.28. The van der Waals surface area contributed by atoms with E-state index in [0.29, 0.717) is 5.95 Å². The first kappa shape index (κ1) is 19.1. The van der Waals surface area contributed by atoms with Crippen molar-refractivity contribution >= 4 is 24.4 Å². The molecule has 2 saturated heterocycles. The lowest BCUT2D eigenvalue weighted by Gasteiger charge is -2.37. The van der Waals surface area contributed by atoms with Crippen LogP contribution in [0.15, 0.2) is 12.4 Å². The highest BCUT2D eigenvalue weighted by molar-refractivity contribution is 6.61. The molecule has 3 rings (SSSR count). The molecule has 26 heavy (non-hydrogen) atoms. The zero-order valence-corrected chi connectivity index (χ0v) is 16.7. The summed E-state index contributed by atoms with van der Waals surface area (Å²) in [6.07, 6.45) is 5.59. The van der Waals surface area contributed by atoms with Crippen LogP contribution in [0, 0.1) is 0 Å². The van der Waals surface area contributed by atoms with E-state index in [4.69, 9.17) is 9.31 Å². The summed E-state index contributed by atoms with van der Waals surface area (Å²) >= 11 is 0. The van der Waals surface area contributed by atoms with Gasteiger partial charge in [0.15, 0.2) is 0 Å². The van der Waals surface area contributed by atoms with Crippen LogP contribution in [-0.4, -0.2) is 65.3 Å². The number of anilines is 1. The van der Waals surface area contributed by atoms with E-state index >= 15 is 0 Å². The molecule has 2 aliphatic rings. The Hall–Kier alpha value is -1.67. The molecular weight excluding hydrogens is 331 g/mol. The van der Waals surface area contributed by atoms with Crippen molar-refractivity contribution in [3.8, 4) is 0 Å². The van der Waals surface area contributed by atoms with Crippen LogP contribution in [0.4, 0.5) is 5.95 Å². The van der Waals surface area contributed by atoms with Gasteiger partial charge < -0.3 is 19.1 Å². The standard InChI is InChI=1S/C18H29BN4O3/c1-13(24)22(6)15-8-7-9-23(12-15)16-20-10-14(11-21-16)19-25-17(2,3)18(4,5)26-19/h10-11,15H,7-9,12H2,1-6H3/t15-/m1/s1. The van der Waals surface area contributed by atoms with E-state index < -0.39 is 7.12 Å². The van der Waals surface area contributed by atoms with Gasteiger partial charge in [0.05, 0.1) is 11.2 Å². The Balaban J connectivity index is 1.69. The molecule has 2 fully saturated rings. The molecule has 0 unspecified atom stereocenters. The predicted molar refractivity (Wildman–Crippen MR) is 101 cm³/mol. The summed E-state index contributed by atoms with van der Waals surface area (Å²) in [5.41, 5.74) is 0.0586. The van der Waals surface area contributed by atoms with E-state index in [2.05, 4.69) is 14.9 Å². The van der Waals surface area contributed by atoms with Gasteiger partial charge >= 0.3 is 7.12 Å². The highest BCUT2D eigenvalue weighted by Crippen LogP contribution is 2.36. The average Bonchev–Trinajstić information content (AvgIpc) is 2.82. The molecule has 0 aliphatic carbocycles. The highest BCUT2D eigenvalue weighted by atomic mass is 16.7. The van der Waals surface area contributed by atoms with E-state index in [-0.39, 0.29) is 23.2 Å². The van der Waals surface area contributed by atoms with Crippen LogP contribution in [0.2, 0.25) is 0 Å². The van der Waals surface area contributed by atoms with Gasteiger partial charge in [-0.15, -0.1) is 0 Å². The fourth-order valence-electron chi connectivity index (χ4n) is 3.30. The molecule has 142 valence electrons. The maximum atomic E-state index is 11.6. The van der Waals surface area contributed by atoms with E-state index in [1.165, 1.54) is 0 Å². The Morgan fingerprint density at radius 1 is 1.23 bits per heavy atom. The molecule has 0 aromatic carbocycles. The summed E-state index contributed by atoms with van der Waals surface area (Å²) in [6.45, 7) is 11.4. The Kier molecular flexibility index (Phi) is 5.01. The van der Waals surface area contributed by atoms with Crippen LogP contribution in [-0.2, 0) is 14.1 Å². The van der Waals surface area contributed by atoms with Crippen LogP contribution >= 0.6 is 0 Å². The van der Waals surface area contributed by atoms with Crippen molar-refractivity contribution in [2.75, 3.05) is 25.0 Å². The number of piperidine rings is 1. The number of carbonyl (C=O) groups excluding carboxylic acids is 1. The number of hydrogen-bond acceptors (Lipinski definition) is 6. The fourth-order valence-corrected chi connectivity index (χ4v) is 3.30. The molecule has 0 saturated carbocycles. The van der Waals surface area contributed by atoms with Gasteiger partial charge in [0, 0.05) is 51.0 Å². The lowest BCUT2D eigenvalue weighted by Crippen LogP contribution is -2.48. The Labute approximate surface area is 156 Å². The first-order valence-electron chi connectivity index (χ1n) is 9.26. The summed E-state index contributed by atoms with van der Waals surface area (Å²) in [5.74, 6) is 0.779. The smallest absolute Gasteiger partial charge is 0.399 e. The monoisotopic (exact) mass is 360 g/mol. The summed E-state index contributed by atoms with van der Waals surface area (Å²) in [6, 6.07) is 0.202. The Bertz CT molecular complexity index is 649. The molecule has 2 aliphatic heterocycles. The molecule has 1 aromatic rings. The molecule has 7 nitrogen and oxygen atoms in total. The van der Waals surface area contributed by atoms with Gasteiger partial charge in [-0.2, -0.15) is 0 Å². The number of rotatable bonds is 3. The summed E-state index contributed by atoms with van der Waals surface area (Å²) in [5, 5.41) is 0. The van der Waals surface area contributed by atoms with Crippen LogP contribution in [0.1, 0.15) is 47.5 Å². The van der Waals surface area contributed by atoms with Crippen molar-refractivity contribution < 1.29 is 14.1 Å². The lowest BCUT2D eigenvalue weighted by molar-refractivity contribution is -0.129. The molecule has 0 N–H and O–H groups in total. The molecule has 1 aromatic heterocycles. The number of aromatic nitrogens is 2. The lowest BCUT2D eigenvalue weighted by atomic mass is 9.81. The maximum absolute atomic E-state index is 11.6. The Morgan fingerprint density at radius 3 is 2.35 bits per heavy atom. The molecule has 8 heteroatoms. The molecule has 0 bridgehead atoms. The maximum Gasteiger partial charge on any atom is 0.498 e. The Morgan fingerprint density at radius 2 is 1.81 bits per heavy atom. The SMILES string of the molecule is CC(=O)N(C)[C@@H]1CCCN(c2ncc(B3OC(C)(C)C(C)(C)O3)cn2)C1. The van der Waals surface area contributed by atoms with E-state index in [1.54, 1.807) is 19.3 Å². The third-order valence-electron chi connectivity index (χ3n) is 5.91. The minimum Gasteiger partial charge on any atom is -0.399 e. The number of hydrogen-bond donors (Lipinski definition) is 0. The third-order valence-corrected chi connectivity index (χ3v) is 5.91. The zero-order valence-electron chi connectivity index (χ0n) is 16.7. The van der Waals surface area contributed by atoms with Crippen molar-refractivity contribution in [3.63, 3.8) is 0 Å². The van der Waals surface area contributed by atoms with Crippen molar-refractivity contribution in [2.24, 2.45) is 0 Å². The van der Waals surface area contributed by atoms with Gasteiger partial charge in [-0.3, -0.25) is 4.79 Å². The summed E-state index contributed by atoms with van der Waals surface area (Å²) < 4.78 is 12.1. The number of nitrogens with zero attached hydrogens (tertiary/aromatic N) is 4. The van der Waals surface area contributed by atoms with Crippen molar-refractivity contribution in [2.45, 2.75) is 64.7 Å². The summed E-state index contributed by atoms with van der Waals surface area (Å²) in [4.78, 5) is 24.6. The third kappa shape index (κ3) is 3.57. The van der Waals surface area contributed by atoms with Gasteiger partial charge in [0.1, 0.15) is 0 Å². The van der Waals surface area contributed by atoms with E-state index in [1.807, 2.05) is 39.6 Å². The molecule has 1 atom stereocenters. The fraction of sp³-hybridized carbons (Fsp3) is 0.722. The molecule has 1 amide bonds. The number of likely N-dealkylation sites (N-methyl/N-ethyl adjacent to an activating group) is 1. The molecule has 0 spiro atoms. The summed E-state index contributed by atoms with van der Waals surface area (Å²) in [7, 11) is 1.41. The van der Waals surface area contributed by atoms with Crippen molar-refractivity contribution in [1.82, 2.24) is 14.9 Å². The topological polar surface area (TPSA) is 67.8 Å². The van der Waals surface area contributed by atoms with Gasteiger partial charge in [0.25, 0.3) is 0 Å². The minimum absolute atomic E-state index is 0.0916. The minimum atomic E-state index is -0.452. The van der Waals surface area contributed by atoms with Crippen LogP contribution in [0.5, 0.6) is 0 Å². The van der Waals surface area contributed by atoms with Crippen molar-refractivity contribution in [3.05, 3.63) is 12.4 Å². The van der Waals surface area contributed by atoms with Crippen LogP contribution < -0.4 is 10.4 Å².